The van der Waals surface area contributed by atoms with Crippen LogP contribution in [0, 0.1) is 18.2 Å². The Bertz CT molecular complexity index is 651. The summed E-state index contributed by atoms with van der Waals surface area (Å²) in [5.74, 6) is -1.59. The number of rotatable bonds is 5. The summed E-state index contributed by atoms with van der Waals surface area (Å²) in [5, 5.41) is 9.32. The third-order valence-corrected chi connectivity index (χ3v) is 5.47. The van der Waals surface area contributed by atoms with Crippen LogP contribution in [0.4, 0.5) is 4.39 Å². The third kappa shape index (κ3) is 3.24. The Morgan fingerprint density at radius 2 is 2.00 bits per heavy atom. The van der Waals surface area contributed by atoms with Crippen molar-refractivity contribution < 1.29 is 22.7 Å². The first-order valence-corrected chi connectivity index (χ1v) is 8.24. The second kappa shape index (κ2) is 5.73. The van der Waals surface area contributed by atoms with Crippen LogP contribution < -0.4 is 4.72 Å². The van der Waals surface area contributed by atoms with Crippen LogP contribution in [0.3, 0.4) is 0 Å². The Balaban J connectivity index is 2.17. The summed E-state index contributed by atoms with van der Waals surface area (Å²) in [6.07, 6.45) is 2.45. The highest BCUT2D eigenvalue weighted by molar-refractivity contribution is 7.89. The molecule has 2 rings (SSSR count). The van der Waals surface area contributed by atoms with Gasteiger partial charge < -0.3 is 5.11 Å². The highest BCUT2D eigenvalue weighted by Gasteiger charge is 2.42. The summed E-state index contributed by atoms with van der Waals surface area (Å²) in [5.41, 5.74) is -0.692. The molecule has 1 aromatic carbocycles. The SMILES string of the molecule is Cc1ccc(S(=O)(=O)NCC2(C(=O)O)CCCC2)cc1F. The van der Waals surface area contributed by atoms with E-state index in [1.165, 1.54) is 19.1 Å². The molecule has 0 atom stereocenters. The molecular weight excluding hydrogens is 297 g/mol. The number of halogens is 1. The number of hydrogen-bond acceptors (Lipinski definition) is 3. The van der Waals surface area contributed by atoms with Gasteiger partial charge in [-0.2, -0.15) is 0 Å². The van der Waals surface area contributed by atoms with Crippen molar-refractivity contribution in [2.75, 3.05) is 6.54 Å². The van der Waals surface area contributed by atoms with E-state index in [0.29, 0.717) is 18.4 Å². The van der Waals surface area contributed by atoms with E-state index in [-0.39, 0.29) is 11.4 Å². The number of aryl methyl sites for hydroxylation is 1. The fourth-order valence-electron chi connectivity index (χ4n) is 2.58. The minimum Gasteiger partial charge on any atom is -0.481 e. The normalized spacial score (nSPS) is 17.8. The topological polar surface area (TPSA) is 83.5 Å². The highest BCUT2D eigenvalue weighted by atomic mass is 32.2. The zero-order valence-electron chi connectivity index (χ0n) is 11.7. The largest absolute Gasteiger partial charge is 0.481 e. The molecule has 116 valence electrons. The summed E-state index contributed by atoms with van der Waals surface area (Å²) in [4.78, 5) is 11.2. The number of sulfonamides is 1. The van der Waals surface area contributed by atoms with Gasteiger partial charge in [0, 0.05) is 6.54 Å². The number of nitrogens with one attached hydrogen (secondary N) is 1. The maximum Gasteiger partial charge on any atom is 0.310 e. The van der Waals surface area contributed by atoms with E-state index < -0.39 is 27.2 Å². The Labute approximate surface area is 123 Å². The highest BCUT2D eigenvalue weighted by Crippen LogP contribution is 2.38. The number of carbonyl (C=O) groups is 1. The van der Waals surface area contributed by atoms with Gasteiger partial charge in [-0.3, -0.25) is 4.79 Å². The third-order valence-electron chi connectivity index (χ3n) is 4.07. The van der Waals surface area contributed by atoms with Crippen molar-refractivity contribution in [3.05, 3.63) is 29.6 Å². The summed E-state index contributed by atoms with van der Waals surface area (Å²) >= 11 is 0. The molecule has 21 heavy (non-hydrogen) atoms. The number of aliphatic carboxylic acids is 1. The zero-order valence-corrected chi connectivity index (χ0v) is 12.5. The fourth-order valence-corrected chi connectivity index (χ4v) is 3.71. The first-order chi connectivity index (χ1) is 9.77. The number of carboxylic acid groups (broad SMARTS) is 1. The van der Waals surface area contributed by atoms with Crippen molar-refractivity contribution in [1.82, 2.24) is 4.72 Å². The molecule has 0 heterocycles. The molecule has 0 aromatic heterocycles. The van der Waals surface area contributed by atoms with Crippen LogP contribution >= 0.6 is 0 Å². The average molecular weight is 315 g/mol. The van der Waals surface area contributed by atoms with Crippen molar-refractivity contribution >= 4 is 16.0 Å². The van der Waals surface area contributed by atoms with E-state index in [1.807, 2.05) is 0 Å². The number of benzene rings is 1. The van der Waals surface area contributed by atoms with Gasteiger partial charge in [0.1, 0.15) is 5.82 Å². The monoisotopic (exact) mass is 315 g/mol. The molecule has 2 N–H and O–H groups in total. The van der Waals surface area contributed by atoms with Crippen LogP contribution in [0.1, 0.15) is 31.2 Å². The molecule has 0 aliphatic heterocycles. The molecular formula is C14H18FNO4S. The van der Waals surface area contributed by atoms with Crippen LogP contribution in [0.25, 0.3) is 0 Å². The van der Waals surface area contributed by atoms with E-state index >= 15 is 0 Å². The van der Waals surface area contributed by atoms with Crippen molar-refractivity contribution in [1.29, 1.82) is 0 Å². The molecule has 1 fully saturated rings. The molecule has 5 nitrogen and oxygen atoms in total. The standard InChI is InChI=1S/C14H18FNO4S/c1-10-4-5-11(8-12(10)15)21(19,20)16-9-14(13(17)18)6-2-3-7-14/h4-5,8,16H,2-3,6-7,9H2,1H3,(H,17,18). The Kier molecular flexibility index (Phi) is 4.34. The van der Waals surface area contributed by atoms with Gasteiger partial charge >= 0.3 is 5.97 Å². The van der Waals surface area contributed by atoms with Crippen molar-refractivity contribution in [3.63, 3.8) is 0 Å². The summed E-state index contributed by atoms with van der Waals surface area (Å²) in [7, 11) is -3.91. The van der Waals surface area contributed by atoms with E-state index in [1.54, 1.807) is 0 Å². The summed E-state index contributed by atoms with van der Waals surface area (Å²) < 4.78 is 40.1. The minimum absolute atomic E-state index is 0.167. The molecule has 7 heteroatoms. The van der Waals surface area contributed by atoms with E-state index in [2.05, 4.69) is 4.72 Å². The smallest absolute Gasteiger partial charge is 0.310 e. The predicted octanol–water partition coefficient (Wildman–Crippen LogP) is 2.06. The van der Waals surface area contributed by atoms with Crippen molar-refractivity contribution in [2.45, 2.75) is 37.5 Å². The van der Waals surface area contributed by atoms with Crippen molar-refractivity contribution in [3.8, 4) is 0 Å². The predicted molar refractivity (Wildman–Crippen MR) is 74.9 cm³/mol. The Hall–Kier alpha value is -1.47. The lowest BCUT2D eigenvalue weighted by molar-refractivity contribution is -0.148. The molecule has 0 saturated heterocycles. The molecule has 0 spiro atoms. The van der Waals surface area contributed by atoms with Gasteiger partial charge in [0.05, 0.1) is 10.3 Å². The van der Waals surface area contributed by atoms with Gasteiger partial charge in [-0.15, -0.1) is 0 Å². The number of hydrogen-bond donors (Lipinski definition) is 2. The molecule has 1 aliphatic carbocycles. The van der Waals surface area contributed by atoms with E-state index in [4.69, 9.17) is 0 Å². The molecule has 0 amide bonds. The van der Waals surface area contributed by atoms with Gasteiger partial charge in [-0.25, -0.2) is 17.5 Å². The lowest BCUT2D eigenvalue weighted by Gasteiger charge is -2.23. The molecule has 1 aliphatic rings. The average Bonchev–Trinajstić information content (AvgIpc) is 2.90. The quantitative estimate of drug-likeness (QED) is 0.871. The lowest BCUT2D eigenvalue weighted by Crippen LogP contribution is -2.41. The molecule has 1 saturated carbocycles. The van der Waals surface area contributed by atoms with Gasteiger partial charge in [0.25, 0.3) is 0 Å². The van der Waals surface area contributed by atoms with Crippen LogP contribution in [0.15, 0.2) is 23.1 Å². The van der Waals surface area contributed by atoms with Crippen LogP contribution in [0.5, 0.6) is 0 Å². The summed E-state index contributed by atoms with van der Waals surface area (Å²) in [6, 6.07) is 3.63. The molecule has 0 radical (unpaired) electrons. The molecule has 1 aromatic rings. The second-order valence-corrected chi connectivity index (χ2v) is 7.30. The first-order valence-electron chi connectivity index (χ1n) is 6.76. The second-order valence-electron chi connectivity index (χ2n) is 5.53. The minimum atomic E-state index is -3.91. The molecule has 0 unspecified atom stereocenters. The van der Waals surface area contributed by atoms with E-state index in [0.717, 1.165) is 18.9 Å². The van der Waals surface area contributed by atoms with Gasteiger partial charge in [-0.05, 0) is 37.5 Å². The lowest BCUT2D eigenvalue weighted by atomic mass is 9.87. The van der Waals surface area contributed by atoms with Crippen LogP contribution in [0.2, 0.25) is 0 Å². The first kappa shape index (κ1) is 15.9. The van der Waals surface area contributed by atoms with Gasteiger partial charge in [-0.1, -0.05) is 18.9 Å². The Morgan fingerprint density at radius 1 is 1.38 bits per heavy atom. The van der Waals surface area contributed by atoms with Gasteiger partial charge in [0.15, 0.2) is 0 Å². The fraction of sp³-hybridized carbons (Fsp3) is 0.500. The molecule has 0 bridgehead atoms. The maximum absolute atomic E-state index is 13.5. The van der Waals surface area contributed by atoms with Gasteiger partial charge in [0.2, 0.25) is 10.0 Å². The maximum atomic E-state index is 13.5. The zero-order chi connectivity index (χ0) is 15.7. The number of carboxylic acids is 1. The van der Waals surface area contributed by atoms with Crippen molar-refractivity contribution in [2.24, 2.45) is 5.41 Å². The Morgan fingerprint density at radius 3 is 2.52 bits per heavy atom. The van der Waals surface area contributed by atoms with E-state index in [9.17, 15) is 22.7 Å². The summed E-state index contributed by atoms with van der Waals surface area (Å²) in [6.45, 7) is 1.37. The van der Waals surface area contributed by atoms with Crippen LogP contribution in [-0.4, -0.2) is 26.0 Å². The van der Waals surface area contributed by atoms with Crippen LogP contribution in [-0.2, 0) is 14.8 Å².